The zero-order valence-electron chi connectivity index (χ0n) is 13.5. The number of methoxy groups -OCH3 is 1. The highest BCUT2D eigenvalue weighted by molar-refractivity contribution is 5.78. The van der Waals surface area contributed by atoms with Gasteiger partial charge in [-0.15, -0.1) is 0 Å². The van der Waals surface area contributed by atoms with Crippen LogP contribution in [0.3, 0.4) is 0 Å². The number of carboxylic acid groups (broad SMARTS) is 1. The lowest BCUT2D eigenvalue weighted by molar-refractivity contribution is -0.147. The molecule has 0 aliphatic rings. The molecule has 0 aliphatic carbocycles. The molecule has 0 heterocycles. The molecule has 0 radical (unpaired) electrons. The predicted molar refractivity (Wildman–Crippen MR) is 78.6 cm³/mol. The average Bonchev–Trinajstić information content (AvgIpc) is 2.40. The summed E-state index contributed by atoms with van der Waals surface area (Å²) in [5.41, 5.74) is -1.09. The highest BCUT2D eigenvalue weighted by Gasteiger charge is 2.33. The second-order valence-corrected chi connectivity index (χ2v) is 5.21. The van der Waals surface area contributed by atoms with Crippen molar-refractivity contribution in [1.82, 2.24) is 5.32 Å². The summed E-state index contributed by atoms with van der Waals surface area (Å²) in [4.78, 5) is 11.2. The molecule has 0 aromatic heterocycles. The van der Waals surface area contributed by atoms with Crippen LogP contribution in [-0.2, 0) is 23.7 Å². The first-order valence-electron chi connectivity index (χ1n) is 7.15. The van der Waals surface area contributed by atoms with Crippen molar-refractivity contribution in [2.45, 2.75) is 32.4 Å². The third-order valence-electron chi connectivity index (χ3n) is 2.65. The van der Waals surface area contributed by atoms with E-state index in [-0.39, 0.29) is 12.6 Å². The molecule has 1 unspecified atom stereocenters. The van der Waals surface area contributed by atoms with Crippen LogP contribution in [0, 0.1) is 0 Å². The first-order chi connectivity index (χ1) is 9.92. The van der Waals surface area contributed by atoms with Gasteiger partial charge in [0.25, 0.3) is 0 Å². The predicted octanol–water partition coefficient (Wildman–Crippen LogP) is 0.524. The van der Waals surface area contributed by atoms with Crippen molar-refractivity contribution in [3.05, 3.63) is 0 Å². The Hall–Kier alpha value is -0.730. The molecule has 0 fully saturated rings. The number of aliphatic carboxylic acids is 1. The Morgan fingerprint density at radius 3 is 1.95 bits per heavy atom. The minimum atomic E-state index is -1.09. The Labute approximate surface area is 126 Å². The summed E-state index contributed by atoms with van der Waals surface area (Å²) in [7, 11) is 1.62. The third kappa shape index (κ3) is 10.6. The van der Waals surface area contributed by atoms with Crippen LogP contribution in [0.1, 0.15) is 20.8 Å². The molecule has 0 amide bonds. The van der Waals surface area contributed by atoms with E-state index >= 15 is 0 Å². The summed E-state index contributed by atoms with van der Waals surface area (Å²) in [5.74, 6) is -0.927. The molecule has 21 heavy (non-hydrogen) atoms. The molecule has 0 aromatic rings. The minimum absolute atomic E-state index is 0.0650. The fourth-order valence-corrected chi connectivity index (χ4v) is 1.66. The molecule has 7 heteroatoms. The van der Waals surface area contributed by atoms with Crippen molar-refractivity contribution in [2.75, 3.05) is 53.4 Å². The summed E-state index contributed by atoms with van der Waals surface area (Å²) in [5, 5.41) is 12.2. The van der Waals surface area contributed by atoms with E-state index in [0.717, 1.165) is 0 Å². The van der Waals surface area contributed by atoms with E-state index in [1.165, 1.54) is 0 Å². The van der Waals surface area contributed by atoms with Gasteiger partial charge in [-0.2, -0.15) is 0 Å². The van der Waals surface area contributed by atoms with E-state index in [9.17, 15) is 9.90 Å². The van der Waals surface area contributed by atoms with Gasteiger partial charge in [0.1, 0.15) is 5.54 Å². The van der Waals surface area contributed by atoms with Crippen LogP contribution < -0.4 is 5.32 Å². The van der Waals surface area contributed by atoms with Gasteiger partial charge in [0, 0.05) is 13.2 Å². The zero-order chi connectivity index (χ0) is 16.1. The molecular weight excluding hydrogens is 278 g/mol. The lowest BCUT2D eigenvalue weighted by Gasteiger charge is -2.28. The van der Waals surface area contributed by atoms with Crippen LogP contribution in [0.15, 0.2) is 0 Å². The second-order valence-electron chi connectivity index (χ2n) is 5.21. The van der Waals surface area contributed by atoms with Gasteiger partial charge in [0.05, 0.1) is 46.2 Å². The van der Waals surface area contributed by atoms with Crippen molar-refractivity contribution in [3.8, 4) is 0 Å². The van der Waals surface area contributed by atoms with Gasteiger partial charge in [0.15, 0.2) is 0 Å². The average molecular weight is 307 g/mol. The van der Waals surface area contributed by atoms with E-state index in [0.29, 0.717) is 39.6 Å². The first kappa shape index (κ1) is 20.3. The highest BCUT2D eigenvalue weighted by atomic mass is 16.6. The maximum absolute atomic E-state index is 11.2. The molecule has 0 bridgehead atoms. The van der Waals surface area contributed by atoms with E-state index < -0.39 is 11.5 Å². The van der Waals surface area contributed by atoms with Gasteiger partial charge in [0.2, 0.25) is 0 Å². The molecular formula is C14H29NO6. The van der Waals surface area contributed by atoms with Gasteiger partial charge in [-0.1, -0.05) is 0 Å². The maximum Gasteiger partial charge on any atom is 0.326 e. The fraction of sp³-hybridized carbons (Fsp3) is 0.929. The van der Waals surface area contributed by atoms with E-state index in [1.54, 1.807) is 14.0 Å². The summed E-state index contributed by atoms with van der Waals surface area (Å²) >= 11 is 0. The normalized spacial score (nSPS) is 14.3. The van der Waals surface area contributed by atoms with Gasteiger partial charge in [-0.05, 0) is 20.8 Å². The van der Waals surface area contributed by atoms with Gasteiger partial charge >= 0.3 is 5.97 Å². The summed E-state index contributed by atoms with van der Waals surface area (Å²) in [6.45, 7) is 8.36. The number of ether oxygens (including phenoxy) is 4. The summed E-state index contributed by atoms with van der Waals surface area (Å²) < 4.78 is 20.8. The Balaban J connectivity index is 3.61. The number of nitrogens with one attached hydrogen (secondary N) is 1. The molecule has 2 N–H and O–H groups in total. The molecule has 0 saturated heterocycles. The third-order valence-corrected chi connectivity index (χ3v) is 2.65. The standard InChI is InChI=1S/C14H29NO6/c1-12(2)15-14(3,13(16)17)11-21-10-9-20-8-7-19-6-5-18-4/h12,15H,5-11H2,1-4H3,(H,16,17). The Morgan fingerprint density at radius 2 is 1.52 bits per heavy atom. The van der Waals surface area contributed by atoms with Gasteiger partial charge < -0.3 is 24.1 Å². The molecule has 126 valence electrons. The quantitative estimate of drug-likeness (QED) is 0.453. The van der Waals surface area contributed by atoms with Crippen molar-refractivity contribution in [1.29, 1.82) is 0 Å². The fourth-order valence-electron chi connectivity index (χ4n) is 1.66. The van der Waals surface area contributed by atoms with Crippen LogP contribution >= 0.6 is 0 Å². The van der Waals surface area contributed by atoms with Gasteiger partial charge in [-0.3, -0.25) is 10.1 Å². The molecule has 0 saturated carbocycles. The molecule has 0 rings (SSSR count). The molecule has 0 aromatic carbocycles. The van der Waals surface area contributed by atoms with E-state index in [1.807, 2.05) is 13.8 Å². The summed E-state index contributed by atoms with van der Waals surface area (Å²) in [6.07, 6.45) is 0. The summed E-state index contributed by atoms with van der Waals surface area (Å²) in [6, 6.07) is 0.0650. The number of carbonyl (C=O) groups is 1. The Bertz CT molecular complexity index is 274. The Morgan fingerprint density at radius 1 is 1.05 bits per heavy atom. The zero-order valence-corrected chi connectivity index (χ0v) is 13.5. The SMILES string of the molecule is COCCOCCOCCOCC(C)(NC(C)C)C(=O)O. The topological polar surface area (TPSA) is 86.3 Å². The lowest BCUT2D eigenvalue weighted by Crippen LogP contribution is -2.55. The Kier molecular flexibility index (Phi) is 11.5. The monoisotopic (exact) mass is 307 g/mol. The smallest absolute Gasteiger partial charge is 0.326 e. The van der Waals surface area contributed by atoms with Crippen LogP contribution in [0.5, 0.6) is 0 Å². The van der Waals surface area contributed by atoms with Crippen molar-refractivity contribution in [3.63, 3.8) is 0 Å². The largest absolute Gasteiger partial charge is 0.480 e. The van der Waals surface area contributed by atoms with Gasteiger partial charge in [-0.25, -0.2) is 0 Å². The number of carboxylic acids is 1. The number of rotatable bonds is 14. The van der Waals surface area contributed by atoms with Crippen molar-refractivity contribution in [2.24, 2.45) is 0 Å². The molecule has 0 aliphatic heterocycles. The van der Waals surface area contributed by atoms with Crippen LogP contribution in [0.25, 0.3) is 0 Å². The van der Waals surface area contributed by atoms with Crippen LogP contribution in [-0.4, -0.2) is 76.0 Å². The van der Waals surface area contributed by atoms with E-state index in [2.05, 4.69) is 5.32 Å². The number of hydrogen-bond donors (Lipinski definition) is 2. The molecule has 1 atom stereocenters. The second kappa shape index (κ2) is 11.9. The first-order valence-corrected chi connectivity index (χ1v) is 7.15. The minimum Gasteiger partial charge on any atom is -0.480 e. The van der Waals surface area contributed by atoms with Crippen LogP contribution in [0.4, 0.5) is 0 Å². The number of hydrogen-bond acceptors (Lipinski definition) is 6. The van der Waals surface area contributed by atoms with Crippen LogP contribution in [0.2, 0.25) is 0 Å². The maximum atomic E-state index is 11.2. The highest BCUT2D eigenvalue weighted by Crippen LogP contribution is 2.06. The lowest BCUT2D eigenvalue weighted by atomic mass is 10.0. The molecule has 0 spiro atoms. The van der Waals surface area contributed by atoms with E-state index in [4.69, 9.17) is 18.9 Å². The van der Waals surface area contributed by atoms with Crippen molar-refractivity contribution >= 4 is 5.97 Å². The molecule has 7 nitrogen and oxygen atoms in total. The van der Waals surface area contributed by atoms with Crippen molar-refractivity contribution < 1.29 is 28.8 Å².